The summed E-state index contributed by atoms with van der Waals surface area (Å²) >= 11 is 0. The second-order valence-electron chi connectivity index (χ2n) is 5.95. The van der Waals surface area contributed by atoms with Crippen LogP contribution in [0, 0.1) is 35.3 Å². The molecule has 1 aromatic rings. The van der Waals surface area contributed by atoms with E-state index in [1.54, 1.807) is 0 Å². The summed E-state index contributed by atoms with van der Waals surface area (Å²) in [6, 6.07) is 3.14. The molecule has 3 nitrogen and oxygen atoms in total. The van der Waals surface area contributed by atoms with Crippen LogP contribution in [0.15, 0.2) is 30.4 Å². The third kappa shape index (κ3) is 1.63. The largest absolute Gasteiger partial charge is 0.274 e. The molecule has 21 heavy (non-hydrogen) atoms. The van der Waals surface area contributed by atoms with Crippen molar-refractivity contribution in [2.75, 3.05) is 4.90 Å². The Labute approximate surface area is 120 Å². The fraction of sp³-hybridized carbons (Fsp3) is 0.375. The predicted molar refractivity (Wildman–Crippen MR) is 71.2 cm³/mol. The molecule has 2 amide bonds. The Balaban J connectivity index is 1.76. The maximum Gasteiger partial charge on any atom is 0.238 e. The van der Waals surface area contributed by atoms with E-state index in [0.29, 0.717) is 0 Å². The molecule has 1 saturated carbocycles. The van der Waals surface area contributed by atoms with Gasteiger partial charge in [-0.3, -0.25) is 9.59 Å². The predicted octanol–water partition coefficient (Wildman–Crippen LogP) is 2.67. The number of carbonyl (C=O) groups excluding carboxylic acids is 2. The third-order valence-electron chi connectivity index (χ3n) is 4.92. The molecule has 0 radical (unpaired) electrons. The molecule has 5 rings (SSSR count). The van der Waals surface area contributed by atoms with Gasteiger partial charge in [0.25, 0.3) is 0 Å². The lowest BCUT2D eigenvalue weighted by Crippen LogP contribution is -2.38. The van der Waals surface area contributed by atoms with Crippen LogP contribution in [0.4, 0.5) is 14.5 Å². The normalized spacial score (nSPS) is 33.7. The number of amides is 2. The molecule has 1 heterocycles. The van der Waals surface area contributed by atoms with E-state index < -0.39 is 11.6 Å². The van der Waals surface area contributed by atoms with Crippen molar-refractivity contribution in [1.29, 1.82) is 0 Å². The number of benzene rings is 1. The van der Waals surface area contributed by atoms with Gasteiger partial charge in [0.1, 0.15) is 0 Å². The summed E-state index contributed by atoms with van der Waals surface area (Å²) in [6.07, 6.45) is 5.87. The summed E-state index contributed by atoms with van der Waals surface area (Å²) in [5.74, 6) is -3.10. The van der Waals surface area contributed by atoms with E-state index in [1.807, 2.05) is 12.2 Å². The van der Waals surface area contributed by atoms with Gasteiger partial charge >= 0.3 is 0 Å². The van der Waals surface area contributed by atoms with E-state index >= 15 is 0 Å². The molecule has 5 heteroatoms. The maximum atomic E-state index is 13.4. The highest BCUT2D eigenvalue weighted by atomic mass is 19.2. The fourth-order valence-corrected chi connectivity index (χ4v) is 3.95. The number of anilines is 1. The highest BCUT2D eigenvalue weighted by molar-refractivity contribution is 6.22. The van der Waals surface area contributed by atoms with Gasteiger partial charge in [-0.2, -0.15) is 0 Å². The average molecular weight is 289 g/mol. The van der Waals surface area contributed by atoms with E-state index in [1.165, 1.54) is 6.07 Å². The lowest BCUT2D eigenvalue weighted by atomic mass is 9.63. The zero-order chi connectivity index (χ0) is 14.7. The number of halogens is 2. The minimum Gasteiger partial charge on any atom is -0.274 e. The van der Waals surface area contributed by atoms with Crippen molar-refractivity contribution < 1.29 is 18.4 Å². The first-order valence-corrected chi connectivity index (χ1v) is 7.09. The summed E-state index contributed by atoms with van der Waals surface area (Å²) in [6.45, 7) is 0. The molecule has 0 N–H and O–H groups in total. The Morgan fingerprint density at radius 3 is 1.95 bits per heavy atom. The number of rotatable bonds is 1. The first kappa shape index (κ1) is 12.7. The van der Waals surface area contributed by atoms with Crippen LogP contribution in [-0.2, 0) is 9.59 Å². The Kier molecular flexibility index (Phi) is 2.55. The second kappa shape index (κ2) is 4.23. The molecule has 0 unspecified atom stereocenters. The van der Waals surface area contributed by atoms with Gasteiger partial charge in [-0.25, -0.2) is 13.7 Å². The third-order valence-corrected chi connectivity index (χ3v) is 4.92. The Hall–Kier alpha value is -2.04. The van der Waals surface area contributed by atoms with Crippen LogP contribution in [0.3, 0.4) is 0 Å². The van der Waals surface area contributed by atoms with Crippen LogP contribution in [0.25, 0.3) is 0 Å². The summed E-state index contributed by atoms with van der Waals surface area (Å²) in [5, 5.41) is 0. The monoisotopic (exact) mass is 289 g/mol. The number of nitrogens with zero attached hydrogens (tertiary/aromatic N) is 1. The van der Waals surface area contributed by atoms with Crippen LogP contribution in [0.5, 0.6) is 0 Å². The number of allylic oxidation sites excluding steroid dienone is 2. The Morgan fingerprint density at radius 1 is 0.905 bits per heavy atom. The summed E-state index contributed by atoms with van der Waals surface area (Å²) < 4.78 is 26.4. The minimum atomic E-state index is -1.05. The molecule has 0 spiro atoms. The van der Waals surface area contributed by atoms with E-state index in [-0.39, 0.29) is 41.2 Å². The minimum absolute atomic E-state index is 0.0896. The first-order chi connectivity index (χ1) is 10.1. The van der Waals surface area contributed by atoms with Crippen molar-refractivity contribution >= 4 is 17.5 Å². The van der Waals surface area contributed by atoms with E-state index in [9.17, 15) is 18.4 Å². The lowest BCUT2D eigenvalue weighted by Gasteiger charge is -2.38. The van der Waals surface area contributed by atoms with Crippen LogP contribution in [0.2, 0.25) is 0 Å². The van der Waals surface area contributed by atoms with Crippen molar-refractivity contribution in [2.45, 2.75) is 12.8 Å². The van der Waals surface area contributed by atoms with Crippen molar-refractivity contribution in [2.24, 2.45) is 23.7 Å². The molecule has 3 aliphatic carbocycles. The molecule has 2 bridgehead atoms. The van der Waals surface area contributed by atoms with Crippen molar-refractivity contribution in [3.05, 3.63) is 42.0 Å². The van der Waals surface area contributed by atoms with Crippen LogP contribution < -0.4 is 4.90 Å². The second-order valence-corrected chi connectivity index (χ2v) is 5.95. The molecule has 4 aliphatic rings. The van der Waals surface area contributed by atoms with Crippen LogP contribution in [0.1, 0.15) is 12.8 Å². The number of carbonyl (C=O) groups is 2. The van der Waals surface area contributed by atoms with Gasteiger partial charge < -0.3 is 0 Å². The molecule has 1 aromatic carbocycles. The Bertz CT molecular complexity index is 653. The zero-order valence-electron chi connectivity index (χ0n) is 11.1. The number of fused-ring (bicyclic) bond motifs is 1. The number of imide groups is 1. The lowest BCUT2D eigenvalue weighted by molar-refractivity contribution is -0.124. The van der Waals surface area contributed by atoms with Gasteiger partial charge in [0.15, 0.2) is 11.6 Å². The van der Waals surface area contributed by atoms with Crippen LogP contribution in [-0.4, -0.2) is 11.8 Å². The zero-order valence-corrected chi connectivity index (χ0v) is 11.1. The average Bonchev–Trinajstić information content (AvgIpc) is 2.78. The highest BCUT2D eigenvalue weighted by Gasteiger charge is 2.56. The van der Waals surface area contributed by atoms with E-state index in [4.69, 9.17) is 0 Å². The SMILES string of the molecule is O=C1[C@@H]2[C@H](C(=O)N1c1ccc(F)c(F)c1)[C@@H]1C=C[C@H]2CC1. The number of hydrogen-bond acceptors (Lipinski definition) is 2. The molecule has 108 valence electrons. The van der Waals surface area contributed by atoms with Gasteiger partial charge in [0.05, 0.1) is 17.5 Å². The molecule has 1 aliphatic heterocycles. The molecular weight excluding hydrogens is 276 g/mol. The fourth-order valence-electron chi connectivity index (χ4n) is 3.95. The molecule has 4 atom stereocenters. The maximum absolute atomic E-state index is 13.4. The van der Waals surface area contributed by atoms with Crippen molar-refractivity contribution in [3.63, 3.8) is 0 Å². The van der Waals surface area contributed by atoms with E-state index in [2.05, 4.69) is 0 Å². The van der Waals surface area contributed by atoms with Gasteiger partial charge in [-0.1, -0.05) is 12.2 Å². The van der Waals surface area contributed by atoms with Crippen molar-refractivity contribution in [3.8, 4) is 0 Å². The van der Waals surface area contributed by atoms with Gasteiger partial charge in [-0.15, -0.1) is 0 Å². The molecule has 2 fully saturated rings. The highest BCUT2D eigenvalue weighted by Crippen LogP contribution is 2.50. The summed E-state index contributed by atoms with van der Waals surface area (Å²) in [4.78, 5) is 26.2. The van der Waals surface area contributed by atoms with E-state index in [0.717, 1.165) is 29.9 Å². The van der Waals surface area contributed by atoms with Crippen molar-refractivity contribution in [1.82, 2.24) is 0 Å². The quantitative estimate of drug-likeness (QED) is 0.589. The number of hydrogen-bond donors (Lipinski definition) is 0. The van der Waals surface area contributed by atoms with Crippen LogP contribution >= 0.6 is 0 Å². The summed E-state index contributed by atoms with van der Waals surface area (Å²) in [7, 11) is 0. The molecule has 0 aromatic heterocycles. The molecule has 1 saturated heterocycles. The first-order valence-electron chi connectivity index (χ1n) is 7.09. The Morgan fingerprint density at radius 2 is 1.48 bits per heavy atom. The smallest absolute Gasteiger partial charge is 0.238 e. The topological polar surface area (TPSA) is 37.4 Å². The molecular formula is C16H13F2NO2. The van der Waals surface area contributed by atoms with Gasteiger partial charge in [-0.05, 0) is 36.8 Å². The van der Waals surface area contributed by atoms with Gasteiger partial charge in [0.2, 0.25) is 11.8 Å². The standard InChI is InChI=1S/C16H13F2NO2/c17-11-6-5-10(7-12(11)18)19-15(20)13-8-1-2-9(4-3-8)14(13)16(19)21/h1-2,5-9,13-14H,3-4H2/t8-,9+,13-,14+. The van der Waals surface area contributed by atoms with Gasteiger partial charge in [0, 0.05) is 6.07 Å². The summed E-state index contributed by atoms with van der Waals surface area (Å²) in [5.41, 5.74) is 0.123.